The first kappa shape index (κ1) is 19.2. The second-order valence-corrected chi connectivity index (χ2v) is 6.16. The molecule has 3 rings (SSSR count). The van der Waals surface area contributed by atoms with Crippen LogP contribution in [0.25, 0.3) is 0 Å². The lowest BCUT2D eigenvalue weighted by Crippen LogP contribution is -2.38. The van der Waals surface area contributed by atoms with Gasteiger partial charge in [0.05, 0.1) is 0 Å². The van der Waals surface area contributed by atoms with Crippen LogP contribution in [-0.2, 0) is 6.61 Å². The number of halogens is 2. The van der Waals surface area contributed by atoms with Crippen LogP contribution < -0.4 is 15.8 Å². The molecule has 1 atom stereocenters. The van der Waals surface area contributed by atoms with Gasteiger partial charge in [-0.15, -0.1) is 12.4 Å². The normalized spacial score (nSPS) is 14.3. The van der Waals surface area contributed by atoms with Crippen LogP contribution in [0.2, 0.25) is 0 Å². The van der Waals surface area contributed by atoms with Gasteiger partial charge in [0, 0.05) is 24.2 Å². The maximum Gasteiger partial charge on any atom is 0.251 e. The molecule has 6 heteroatoms. The second-order valence-electron chi connectivity index (χ2n) is 6.16. The van der Waals surface area contributed by atoms with Crippen LogP contribution in [0.15, 0.2) is 48.5 Å². The van der Waals surface area contributed by atoms with Crippen LogP contribution >= 0.6 is 12.4 Å². The summed E-state index contributed by atoms with van der Waals surface area (Å²) in [5.41, 5.74) is 7.41. The molecule has 1 saturated carbocycles. The molecule has 0 spiro atoms. The van der Waals surface area contributed by atoms with Crippen molar-refractivity contribution in [3.63, 3.8) is 0 Å². The molecule has 2 aromatic carbocycles. The number of nitrogens with one attached hydrogen (secondary N) is 1. The molecule has 134 valence electrons. The van der Waals surface area contributed by atoms with Gasteiger partial charge in [0.1, 0.15) is 18.2 Å². The smallest absolute Gasteiger partial charge is 0.251 e. The van der Waals surface area contributed by atoms with Crippen molar-refractivity contribution < 1.29 is 13.9 Å². The van der Waals surface area contributed by atoms with Gasteiger partial charge >= 0.3 is 0 Å². The number of rotatable bonds is 7. The first-order valence-corrected chi connectivity index (χ1v) is 8.13. The predicted molar refractivity (Wildman–Crippen MR) is 97.5 cm³/mol. The number of carbonyl (C=O) groups excluding carboxylic acids is 1. The van der Waals surface area contributed by atoms with E-state index in [9.17, 15) is 9.18 Å². The van der Waals surface area contributed by atoms with Crippen LogP contribution in [-0.4, -0.2) is 18.5 Å². The zero-order valence-electron chi connectivity index (χ0n) is 13.8. The summed E-state index contributed by atoms with van der Waals surface area (Å²) in [6.45, 7) is 0.764. The Hall–Kier alpha value is -2.11. The summed E-state index contributed by atoms with van der Waals surface area (Å²) < 4.78 is 18.7. The molecule has 0 bridgehead atoms. The van der Waals surface area contributed by atoms with E-state index in [1.807, 2.05) is 6.07 Å². The van der Waals surface area contributed by atoms with E-state index in [-0.39, 0.29) is 36.8 Å². The molecule has 0 heterocycles. The SMILES string of the molecule is Cl.NC(CNC(=O)c1cccc(COc2cccc(F)c2)c1)C1CC1. The third-order valence-electron chi connectivity index (χ3n) is 4.12. The minimum absolute atomic E-state index is 0. The zero-order valence-corrected chi connectivity index (χ0v) is 14.6. The van der Waals surface area contributed by atoms with E-state index in [4.69, 9.17) is 10.5 Å². The monoisotopic (exact) mass is 364 g/mol. The van der Waals surface area contributed by atoms with Crippen molar-refractivity contribution in [2.75, 3.05) is 6.54 Å². The van der Waals surface area contributed by atoms with Gasteiger partial charge in [0.2, 0.25) is 0 Å². The molecule has 25 heavy (non-hydrogen) atoms. The summed E-state index contributed by atoms with van der Waals surface area (Å²) in [7, 11) is 0. The van der Waals surface area contributed by atoms with Crippen molar-refractivity contribution in [3.05, 3.63) is 65.5 Å². The maximum absolute atomic E-state index is 13.1. The molecule has 1 aliphatic rings. The molecule has 0 radical (unpaired) electrons. The lowest BCUT2D eigenvalue weighted by Gasteiger charge is -2.12. The second kappa shape index (κ2) is 8.83. The molecule has 1 amide bonds. The van der Waals surface area contributed by atoms with Crippen LogP contribution in [0.3, 0.4) is 0 Å². The highest BCUT2D eigenvalue weighted by atomic mass is 35.5. The standard InChI is InChI=1S/C19H21FN2O2.ClH/c20-16-5-2-6-17(10-16)24-12-13-3-1-4-15(9-13)19(23)22-11-18(21)14-7-8-14;/h1-6,9-10,14,18H,7-8,11-12,21H2,(H,22,23);1H. The third-order valence-corrected chi connectivity index (χ3v) is 4.12. The highest BCUT2D eigenvalue weighted by Crippen LogP contribution is 2.31. The van der Waals surface area contributed by atoms with Gasteiger partial charge in [0.15, 0.2) is 0 Å². The Morgan fingerprint density at radius 3 is 2.72 bits per heavy atom. The van der Waals surface area contributed by atoms with Gasteiger partial charge in [-0.2, -0.15) is 0 Å². The molecule has 1 fully saturated rings. The van der Waals surface area contributed by atoms with Crippen LogP contribution in [0.1, 0.15) is 28.8 Å². The Balaban J connectivity index is 0.00000225. The summed E-state index contributed by atoms with van der Waals surface area (Å²) >= 11 is 0. The fourth-order valence-electron chi connectivity index (χ4n) is 2.53. The Bertz CT molecular complexity index is 722. The lowest BCUT2D eigenvalue weighted by atomic mass is 10.1. The quantitative estimate of drug-likeness (QED) is 0.792. The number of nitrogens with two attached hydrogens (primary N) is 1. The lowest BCUT2D eigenvalue weighted by molar-refractivity contribution is 0.0950. The van der Waals surface area contributed by atoms with Gasteiger partial charge in [-0.05, 0) is 48.6 Å². The fourth-order valence-corrected chi connectivity index (χ4v) is 2.53. The third kappa shape index (κ3) is 5.73. The van der Waals surface area contributed by atoms with Crippen molar-refractivity contribution in [2.45, 2.75) is 25.5 Å². The van der Waals surface area contributed by atoms with Crippen molar-refractivity contribution >= 4 is 18.3 Å². The highest BCUT2D eigenvalue weighted by Gasteiger charge is 2.28. The average Bonchev–Trinajstić information content (AvgIpc) is 3.43. The van der Waals surface area contributed by atoms with E-state index in [2.05, 4.69) is 5.32 Å². The highest BCUT2D eigenvalue weighted by molar-refractivity contribution is 5.94. The number of amides is 1. The van der Waals surface area contributed by atoms with E-state index in [1.165, 1.54) is 12.1 Å². The number of hydrogen-bond acceptors (Lipinski definition) is 3. The topological polar surface area (TPSA) is 64.3 Å². The Labute approximate surface area is 153 Å². The maximum atomic E-state index is 13.1. The van der Waals surface area contributed by atoms with Crippen LogP contribution in [0.5, 0.6) is 5.75 Å². The minimum Gasteiger partial charge on any atom is -0.489 e. The summed E-state index contributed by atoms with van der Waals surface area (Å²) in [6.07, 6.45) is 2.31. The van der Waals surface area contributed by atoms with E-state index >= 15 is 0 Å². The Morgan fingerprint density at radius 2 is 2.00 bits per heavy atom. The number of hydrogen-bond donors (Lipinski definition) is 2. The van der Waals surface area contributed by atoms with E-state index in [0.717, 1.165) is 18.4 Å². The molecule has 0 aromatic heterocycles. The first-order chi connectivity index (χ1) is 11.6. The van der Waals surface area contributed by atoms with E-state index in [1.54, 1.807) is 30.3 Å². The van der Waals surface area contributed by atoms with Gasteiger partial charge in [0.25, 0.3) is 5.91 Å². The van der Waals surface area contributed by atoms with E-state index < -0.39 is 0 Å². The predicted octanol–water partition coefficient (Wildman–Crippen LogP) is 3.29. The van der Waals surface area contributed by atoms with Gasteiger partial charge < -0.3 is 15.8 Å². The zero-order chi connectivity index (χ0) is 16.9. The first-order valence-electron chi connectivity index (χ1n) is 8.13. The minimum atomic E-state index is -0.340. The molecule has 2 aromatic rings. The van der Waals surface area contributed by atoms with Crippen molar-refractivity contribution in [3.8, 4) is 5.75 Å². The largest absolute Gasteiger partial charge is 0.489 e. The van der Waals surface area contributed by atoms with Gasteiger partial charge in [-0.25, -0.2) is 4.39 Å². The summed E-state index contributed by atoms with van der Waals surface area (Å²) in [6, 6.07) is 13.2. The van der Waals surface area contributed by atoms with Crippen LogP contribution in [0.4, 0.5) is 4.39 Å². The molecule has 0 aliphatic heterocycles. The molecule has 1 unspecified atom stereocenters. The van der Waals surface area contributed by atoms with Gasteiger partial charge in [-0.1, -0.05) is 18.2 Å². The molecule has 0 saturated heterocycles. The summed E-state index contributed by atoms with van der Waals surface area (Å²) in [4.78, 5) is 12.2. The van der Waals surface area contributed by atoms with Gasteiger partial charge in [-0.3, -0.25) is 4.79 Å². The average molecular weight is 365 g/mol. The molecule has 4 nitrogen and oxygen atoms in total. The van der Waals surface area contributed by atoms with Crippen molar-refractivity contribution in [1.82, 2.24) is 5.32 Å². The number of carbonyl (C=O) groups is 1. The molecule has 1 aliphatic carbocycles. The van der Waals surface area contributed by atoms with Crippen LogP contribution in [0, 0.1) is 11.7 Å². The summed E-state index contributed by atoms with van der Waals surface area (Å²) in [5, 5.41) is 2.87. The fraction of sp³-hybridized carbons (Fsp3) is 0.316. The number of benzene rings is 2. The molecular weight excluding hydrogens is 343 g/mol. The molecule has 3 N–H and O–H groups in total. The Kier molecular flexibility index (Phi) is 6.79. The van der Waals surface area contributed by atoms with Crippen molar-refractivity contribution in [1.29, 1.82) is 0 Å². The van der Waals surface area contributed by atoms with E-state index in [0.29, 0.717) is 23.8 Å². The number of ether oxygens (including phenoxy) is 1. The summed E-state index contributed by atoms with van der Waals surface area (Å²) in [5.74, 6) is 0.530. The van der Waals surface area contributed by atoms with Crippen molar-refractivity contribution in [2.24, 2.45) is 11.7 Å². The Morgan fingerprint density at radius 1 is 1.24 bits per heavy atom. The molecular formula is C19H22ClFN2O2.